The zero-order chi connectivity index (χ0) is 10.6. The van der Waals surface area contributed by atoms with Crippen molar-refractivity contribution >= 4 is 5.97 Å². The van der Waals surface area contributed by atoms with Crippen molar-refractivity contribution in [1.82, 2.24) is 5.32 Å². The highest BCUT2D eigenvalue weighted by Crippen LogP contribution is 2.11. The number of aliphatic carboxylic acids is 1. The zero-order valence-electron chi connectivity index (χ0n) is 8.82. The topological polar surface area (TPSA) is 58.6 Å². The lowest BCUT2D eigenvalue weighted by atomic mass is 10.0. The lowest BCUT2D eigenvalue weighted by Gasteiger charge is -2.19. The van der Waals surface area contributed by atoms with E-state index >= 15 is 0 Å². The standard InChI is InChI=1S/C10H19NO3/c1-7(2)9(10(12)13)11-6-8-4-3-5-14-8/h7-9,11H,3-6H2,1-2H3,(H,12,13). The van der Waals surface area contributed by atoms with Gasteiger partial charge in [0.25, 0.3) is 0 Å². The minimum Gasteiger partial charge on any atom is -0.480 e. The molecule has 1 aliphatic rings. The second-order valence-corrected chi connectivity index (χ2v) is 4.10. The van der Waals surface area contributed by atoms with Crippen molar-refractivity contribution in [3.63, 3.8) is 0 Å². The summed E-state index contributed by atoms with van der Waals surface area (Å²) in [5, 5.41) is 12.0. The number of hydrogen-bond donors (Lipinski definition) is 2. The molecule has 0 aromatic heterocycles. The van der Waals surface area contributed by atoms with E-state index in [1.165, 1.54) is 0 Å². The number of hydrogen-bond acceptors (Lipinski definition) is 3. The summed E-state index contributed by atoms with van der Waals surface area (Å²) in [7, 11) is 0. The normalized spacial score (nSPS) is 24.1. The van der Waals surface area contributed by atoms with Crippen molar-refractivity contribution in [2.24, 2.45) is 5.92 Å². The van der Waals surface area contributed by atoms with Gasteiger partial charge in [-0.1, -0.05) is 13.8 Å². The quantitative estimate of drug-likeness (QED) is 0.692. The van der Waals surface area contributed by atoms with Gasteiger partial charge in [-0.25, -0.2) is 0 Å². The second kappa shape index (κ2) is 5.32. The fraction of sp³-hybridized carbons (Fsp3) is 0.900. The van der Waals surface area contributed by atoms with Gasteiger partial charge in [-0.05, 0) is 18.8 Å². The molecule has 1 saturated heterocycles. The van der Waals surface area contributed by atoms with Crippen LogP contribution in [0.5, 0.6) is 0 Å². The molecule has 4 heteroatoms. The molecule has 1 rings (SSSR count). The van der Waals surface area contributed by atoms with Crippen LogP contribution in [0.15, 0.2) is 0 Å². The van der Waals surface area contributed by atoms with Gasteiger partial charge >= 0.3 is 5.97 Å². The van der Waals surface area contributed by atoms with Crippen LogP contribution in [-0.2, 0) is 9.53 Å². The van der Waals surface area contributed by atoms with E-state index < -0.39 is 12.0 Å². The number of nitrogens with one attached hydrogen (secondary N) is 1. The Morgan fingerprint density at radius 2 is 2.36 bits per heavy atom. The van der Waals surface area contributed by atoms with Gasteiger partial charge in [-0.3, -0.25) is 4.79 Å². The Morgan fingerprint density at radius 3 is 2.79 bits per heavy atom. The average Bonchev–Trinajstić information content (AvgIpc) is 2.55. The molecule has 1 fully saturated rings. The van der Waals surface area contributed by atoms with Crippen LogP contribution in [0.2, 0.25) is 0 Å². The lowest BCUT2D eigenvalue weighted by Crippen LogP contribution is -2.44. The number of carboxylic acid groups (broad SMARTS) is 1. The summed E-state index contributed by atoms with van der Waals surface area (Å²) in [5.41, 5.74) is 0. The van der Waals surface area contributed by atoms with Crippen molar-refractivity contribution < 1.29 is 14.6 Å². The fourth-order valence-electron chi connectivity index (χ4n) is 1.67. The van der Waals surface area contributed by atoms with Crippen molar-refractivity contribution in [3.05, 3.63) is 0 Å². The van der Waals surface area contributed by atoms with Crippen LogP contribution in [0, 0.1) is 5.92 Å². The molecule has 0 aliphatic carbocycles. The van der Waals surface area contributed by atoms with Gasteiger partial charge in [-0.15, -0.1) is 0 Å². The molecule has 2 N–H and O–H groups in total. The molecule has 0 aromatic rings. The molecule has 2 atom stereocenters. The summed E-state index contributed by atoms with van der Waals surface area (Å²) in [6.07, 6.45) is 2.33. The summed E-state index contributed by atoms with van der Waals surface area (Å²) >= 11 is 0. The molecular formula is C10H19NO3. The van der Waals surface area contributed by atoms with Gasteiger partial charge < -0.3 is 15.2 Å². The van der Waals surface area contributed by atoms with Gasteiger partial charge in [0.2, 0.25) is 0 Å². The third-order valence-electron chi connectivity index (χ3n) is 2.52. The highest BCUT2D eigenvalue weighted by atomic mass is 16.5. The summed E-state index contributed by atoms with van der Waals surface area (Å²) < 4.78 is 5.41. The van der Waals surface area contributed by atoms with Gasteiger partial charge in [0.15, 0.2) is 0 Å². The monoisotopic (exact) mass is 201 g/mol. The molecule has 0 saturated carbocycles. The summed E-state index contributed by atoms with van der Waals surface area (Å²) in [5.74, 6) is -0.674. The van der Waals surface area contributed by atoms with E-state index in [2.05, 4.69) is 5.32 Å². The van der Waals surface area contributed by atoms with E-state index in [9.17, 15) is 4.79 Å². The molecule has 0 aromatic carbocycles. The molecular weight excluding hydrogens is 182 g/mol. The Kier molecular flexibility index (Phi) is 4.35. The first-order chi connectivity index (χ1) is 6.61. The Morgan fingerprint density at radius 1 is 1.64 bits per heavy atom. The Labute approximate surface area is 84.6 Å². The van der Waals surface area contributed by atoms with Crippen LogP contribution in [0.1, 0.15) is 26.7 Å². The van der Waals surface area contributed by atoms with E-state index in [0.717, 1.165) is 19.4 Å². The van der Waals surface area contributed by atoms with Crippen LogP contribution < -0.4 is 5.32 Å². The smallest absolute Gasteiger partial charge is 0.320 e. The Balaban J connectivity index is 2.28. The first-order valence-electron chi connectivity index (χ1n) is 5.19. The molecule has 1 aliphatic heterocycles. The number of carboxylic acids is 1. The van der Waals surface area contributed by atoms with Crippen molar-refractivity contribution in [3.8, 4) is 0 Å². The molecule has 14 heavy (non-hydrogen) atoms. The largest absolute Gasteiger partial charge is 0.480 e. The minimum absolute atomic E-state index is 0.105. The van der Waals surface area contributed by atoms with Crippen molar-refractivity contribution in [1.29, 1.82) is 0 Å². The molecule has 2 unspecified atom stereocenters. The van der Waals surface area contributed by atoms with Gasteiger partial charge in [0, 0.05) is 13.2 Å². The van der Waals surface area contributed by atoms with Crippen LogP contribution in [0.4, 0.5) is 0 Å². The number of rotatable bonds is 5. The number of ether oxygens (including phenoxy) is 1. The van der Waals surface area contributed by atoms with E-state index in [4.69, 9.17) is 9.84 Å². The van der Waals surface area contributed by atoms with Gasteiger partial charge in [0.05, 0.1) is 6.10 Å². The van der Waals surface area contributed by atoms with E-state index in [-0.39, 0.29) is 12.0 Å². The molecule has 0 radical (unpaired) electrons. The highest BCUT2D eigenvalue weighted by molar-refractivity contribution is 5.73. The average molecular weight is 201 g/mol. The van der Waals surface area contributed by atoms with Gasteiger partial charge in [0.1, 0.15) is 6.04 Å². The molecule has 82 valence electrons. The lowest BCUT2D eigenvalue weighted by molar-refractivity contribution is -0.140. The maximum atomic E-state index is 10.8. The highest BCUT2D eigenvalue weighted by Gasteiger charge is 2.23. The maximum absolute atomic E-state index is 10.8. The Bertz CT molecular complexity index is 188. The Hall–Kier alpha value is -0.610. The third-order valence-corrected chi connectivity index (χ3v) is 2.52. The maximum Gasteiger partial charge on any atom is 0.320 e. The SMILES string of the molecule is CC(C)C(NCC1CCCO1)C(=O)O. The van der Waals surface area contributed by atoms with Crippen LogP contribution in [0.3, 0.4) is 0 Å². The molecule has 0 amide bonds. The fourth-order valence-corrected chi connectivity index (χ4v) is 1.67. The van der Waals surface area contributed by atoms with E-state index in [1.807, 2.05) is 13.8 Å². The first kappa shape index (κ1) is 11.5. The second-order valence-electron chi connectivity index (χ2n) is 4.10. The first-order valence-corrected chi connectivity index (χ1v) is 5.19. The van der Waals surface area contributed by atoms with E-state index in [1.54, 1.807) is 0 Å². The van der Waals surface area contributed by atoms with Crippen LogP contribution >= 0.6 is 0 Å². The molecule has 0 spiro atoms. The molecule has 1 heterocycles. The van der Waals surface area contributed by atoms with Crippen LogP contribution in [-0.4, -0.2) is 36.4 Å². The van der Waals surface area contributed by atoms with Crippen molar-refractivity contribution in [2.45, 2.75) is 38.8 Å². The number of carbonyl (C=O) groups is 1. The minimum atomic E-state index is -0.780. The molecule has 4 nitrogen and oxygen atoms in total. The summed E-state index contributed by atoms with van der Waals surface area (Å²) in [6.45, 7) is 5.27. The van der Waals surface area contributed by atoms with Crippen molar-refractivity contribution in [2.75, 3.05) is 13.2 Å². The summed E-state index contributed by atoms with van der Waals surface area (Å²) in [6, 6.07) is -0.459. The zero-order valence-corrected chi connectivity index (χ0v) is 8.82. The molecule has 0 bridgehead atoms. The predicted molar refractivity (Wildman–Crippen MR) is 53.2 cm³/mol. The predicted octanol–water partition coefficient (Wildman–Crippen LogP) is 0.864. The van der Waals surface area contributed by atoms with Gasteiger partial charge in [-0.2, -0.15) is 0 Å². The third kappa shape index (κ3) is 3.27. The van der Waals surface area contributed by atoms with E-state index in [0.29, 0.717) is 6.54 Å². The summed E-state index contributed by atoms with van der Waals surface area (Å²) in [4.78, 5) is 10.8. The van der Waals surface area contributed by atoms with Crippen LogP contribution in [0.25, 0.3) is 0 Å².